The van der Waals surface area contributed by atoms with Crippen molar-refractivity contribution in [3.05, 3.63) is 47.9 Å². The smallest absolute Gasteiger partial charge is 0.311 e. The molecule has 0 saturated carbocycles. The summed E-state index contributed by atoms with van der Waals surface area (Å²) in [5, 5.41) is 21.5. The van der Waals surface area contributed by atoms with Crippen molar-refractivity contribution < 1.29 is 19.4 Å². The van der Waals surface area contributed by atoms with E-state index in [2.05, 4.69) is 20.6 Å². The number of rotatable bonds is 5. The Balaban J connectivity index is 1.58. The summed E-state index contributed by atoms with van der Waals surface area (Å²) in [5.74, 6) is -1.38. The number of benzene rings is 1. The monoisotopic (exact) mass is 395 g/mol. The summed E-state index contributed by atoms with van der Waals surface area (Å²) in [6, 6.07) is 9.51. The first-order valence-corrected chi connectivity index (χ1v) is 9.38. The molecule has 0 atom stereocenters. The van der Waals surface area contributed by atoms with Crippen molar-refractivity contribution in [2.24, 2.45) is 5.41 Å². The molecule has 0 bridgehead atoms. The minimum atomic E-state index is -1.02. The Morgan fingerprint density at radius 2 is 2.00 bits per heavy atom. The number of nitrogens with zero attached hydrogens (tertiary/aromatic N) is 4. The number of aliphatic carboxylic acids is 1. The van der Waals surface area contributed by atoms with E-state index in [9.17, 15) is 14.7 Å². The van der Waals surface area contributed by atoms with Gasteiger partial charge in [-0.15, -0.1) is 5.10 Å². The van der Waals surface area contributed by atoms with Gasteiger partial charge in [0, 0.05) is 31.3 Å². The van der Waals surface area contributed by atoms with Crippen LogP contribution in [-0.2, 0) is 9.53 Å². The van der Waals surface area contributed by atoms with Crippen molar-refractivity contribution in [3.63, 3.8) is 0 Å². The molecule has 9 heteroatoms. The van der Waals surface area contributed by atoms with Crippen LogP contribution in [0.5, 0.6) is 0 Å². The minimum Gasteiger partial charge on any atom is -0.481 e. The number of carbonyl (C=O) groups is 2. The zero-order chi connectivity index (χ0) is 20.4. The lowest BCUT2D eigenvalue weighted by Crippen LogP contribution is -2.46. The summed E-state index contributed by atoms with van der Waals surface area (Å²) in [5.41, 5.74) is 1.17. The second-order valence-corrected chi connectivity index (χ2v) is 7.17. The highest BCUT2D eigenvalue weighted by atomic mass is 16.5. The third-order valence-corrected chi connectivity index (χ3v) is 5.44. The molecule has 2 aromatic heterocycles. The van der Waals surface area contributed by atoms with Crippen molar-refractivity contribution in [2.75, 3.05) is 19.8 Å². The maximum absolute atomic E-state index is 12.7. The number of hydrogen-bond acceptors (Lipinski definition) is 6. The number of ether oxygens (including phenoxy) is 1. The van der Waals surface area contributed by atoms with E-state index in [0.717, 1.165) is 16.6 Å². The van der Waals surface area contributed by atoms with E-state index >= 15 is 0 Å². The van der Waals surface area contributed by atoms with Crippen molar-refractivity contribution in [3.8, 4) is 5.69 Å². The number of pyridine rings is 1. The Morgan fingerprint density at radius 3 is 2.76 bits per heavy atom. The molecule has 1 fully saturated rings. The topological polar surface area (TPSA) is 119 Å². The quantitative estimate of drug-likeness (QED) is 0.675. The third kappa shape index (κ3) is 3.44. The first-order valence-electron chi connectivity index (χ1n) is 9.38. The van der Waals surface area contributed by atoms with Crippen LogP contribution in [0.3, 0.4) is 0 Å². The van der Waals surface area contributed by atoms with Gasteiger partial charge in [-0.05, 0) is 31.9 Å². The summed E-state index contributed by atoms with van der Waals surface area (Å²) in [7, 11) is 0. The number of amides is 1. The first kappa shape index (κ1) is 19.0. The summed E-state index contributed by atoms with van der Waals surface area (Å²) >= 11 is 0. The average molecular weight is 395 g/mol. The molecule has 9 nitrogen and oxygen atoms in total. The van der Waals surface area contributed by atoms with E-state index in [1.807, 2.05) is 30.3 Å². The summed E-state index contributed by atoms with van der Waals surface area (Å²) in [4.78, 5) is 28.9. The minimum absolute atomic E-state index is 0.0205. The average Bonchev–Trinajstić information content (AvgIpc) is 3.13. The molecular weight excluding hydrogens is 374 g/mol. The molecule has 3 aromatic rings. The number of nitrogens with one attached hydrogen (secondary N) is 1. The molecule has 3 heterocycles. The molecule has 0 aliphatic carbocycles. The van der Waals surface area contributed by atoms with Gasteiger partial charge in [0.15, 0.2) is 5.69 Å². The van der Waals surface area contributed by atoms with E-state index in [-0.39, 0.29) is 12.2 Å². The van der Waals surface area contributed by atoms with Crippen LogP contribution in [0, 0.1) is 12.3 Å². The first-order chi connectivity index (χ1) is 14.0. The molecule has 1 amide bonds. The summed E-state index contributed by atoms with van der Waals surface area (Å²) < 4.78 is 6.84. The molecule has 1 aliphatic rings. The predicted molar refractivity (Wildman–Crippen MR) is 104 cm³/mol. The largest absolute Gasteiger partial charge is 0.481 e. The summed E-state index contributed by atoms with van der Waals surface area (Å²) in [6.45, 7) is 2.50. The third-order valence-electron chi connectivity index (χ3n) is 5.44. The zero-order valence-corrected chi connectivity index (χ0v) is 16.0. The standard InChI is InChI=1S/C20H21N5O4/c1-13-16(18(26)22-12-20(19(27)28)7-10-29-11-8-20)23-24-25(13)15-6-2-4-14-5-3-9-21-17(14)15/h2-6,9H,7-8,10-12H2,1H3,(H,22,26)(H,27,28). The molecule has 1 saturated heterocycles. The number of carboxylic acid groups (broad SMARTS) is 1. The number of fused-ring (bicyclic) bond motifs is 1. The maximum Gasteiger partial charge on any atom is 0.311 e. The van der Waals surface area contributed by atoms with Crippen LogP contribution >= 0.6 is 0 Å². The van der Waals surface area contributed by atoms with E-state index in [0.29, 0.717) is 31.7 Å². The van der Waals surface area contributed by atoms with Crippen LogP contribution in [0.2, 0.25) is 0 Å². The summed E-state index contributed by atoms with van der Waals surface area (Å²) in [6.07, 6.45) is 2.41. The van der Waals surface area contributed by atoms with Crippen molar-refractivity contribution in [2.45, 2.75) is 19.8 Å². The fraction of sp³-hybridized carbons (Fsp3) is 0.350. The van der Waals surface area contributed by atoms with Crippen LogP contribution < -0.4 is 5.32 Å². The van der Waals surface area contributed by atoms with Crippen molar-refractivity contribution in [1.82, 2.24) is 25.3 Å². The lowest BCUT2D eigenvalue weighted by Gasteiger charge is -2.33. The molecule has 1 aliphatic heterocycles. The predicted octanol–water partition coefficient (Wildman–Crippen LogP) is 1.74. The Kier molecular flexibility index (Phi) is 4.98. The van der Waals surface area contributed by atoms with Gasteiger partial charge >= 0.3 is 5.97 Å². The van der Waals surface area contributed by atoms with Gasteiger partial charge in [0.1, 0.15) is 0 Å². The Labute approximate surface area is 166 Å². The molecule has 29 heavy (non-hydrogen) atoms. The van der Waals surface area contributed by atoms with Gasteiger partial charge in [-0.2, -0.15) is 0 Å². The maximum atomic E-state index is 12.7. The SMILES string of the molecule is Cc1c(C(=O)NCC2(C(=O)O)CCOCC2)nnn1-c1cccc2cccnc12. The van der Waals surface area contributed by atoms with Gasteiger partial charge in [-0.25, -0.2) is 4.68 Å². The molecular formula is C20H21N5O4. The fourth-order valence-electron chi connectivity index (χ4n) is 3.59. The molecule has 1 aromatic carbocycles. The number of para-hydroxylation sites is 1. The number of carbonyl (C=O) groups excluding carboxylic acids is 1. The van der Waals surface area contributed by atoms with Crippen LogP contribution in [0.4, 0.5) is 0 Å². The Bertz CT molecular complexity index is 1070. The molecule has 0 spiro atoms. The fourth-order valence-corrected chi connectivity index (χ4v) is 3.59. The van der Waals surface area contributed by atoms with Gasteiger partial charge in [0.2, 0.25) is 0 Å². The van der Waals surface area contributed by atoms with E-state index < -0.39 is 17.3 Å². The highest BCUT2D eigenvalue weighted by Gasteiger charge is 2.40. The van der Waals surface area contributed by atoms with Gasteiger partial charge in [0.05, 0.1) is 22.3 Å². The Hall–Kier alpha value is -3.33. The van der Waals surface area contributed by atoms with Gasteiger partial charge in [-0.1, -0.05) is 23.4 Å². The number of carboxylic acids is 1. The number of hydrogen-bond donors (Lipinski definition) is 2. The van der Waals surface area contributed by atoms with Crippen molar-refractivity contribution in [1.29, 1.82) is 0 Å². The van der Waals surface area contributed by atoms with Crippen LogP contribution in [0.25, 0.3) is 16.6 Å². The Morgan fingerprint density at radius 1 is 1.24 bits per heavy atom. The molecule has 150 valence electrons. The van der Waals surface area contributed by atoms with E-state index in [1.165, 1.54) is 0 Å². The van der Waals surface area contributed by atoms with E-state index in [1.54, 1.807) is 17.8 Å². The van der Waals surface area contributed by atoms with Gasteiger partial charge in [-0.3, -0.25) is 14.6 Å². The molecule has 2 N–H and O–H groups in total. The highest BCUT2D eigenvalue weighted by molar-refractivity contribution is 5.94. The molecule has 4 rings (SSSR count). The van der Waals surface area contributed by atoms with Crippen LogP contribution in [-0.4, -0.2) is 56.7 Å². The lowest BCUT2D eigenvalue weighted by molar-refractivity contribution is -0.154. The molecule has 0 unspecified atom stereocenters. The zero-order valence-electron chi connectivity index (χ0n) is 16.0. The second kappa shape index (κ2) is 7.59. The number of aromatic nitrogens is 4. The van der Waals surface area contributed by atoms with E-state index in [4.69, 9.17) is 4.74 Å². The second-order valence-electron chi connectivity index (χ2n) is 7.17. The van der Waals surface area contributed by atoms with Gasteiger partial charge in [0.25, 0.3) is 5.91 Å². The molecule has 0 radical (unpaired) electrons. The normalized spacial score (nSPS) is 15.9. The van der Waals surface area contributed by atoms with Crippen LogP contribution in [0.1, 0.15) is 29.0 Å². The lowest BCUT2D eigenvalue weighted by atomic mass is 9.80. The van der Waals surface area contributed by atoms with Crippen LogP contribution in [0.15, 0.2) is 36.5 Å². The van der Waals surface area contributed by atoms with Gasteiger partial charge < -0.3 is 15.2 Å². The van der Waals surface area contributed by atoms with Crippen molar-refractivity contribution >= 4 is 22.8 Å². The highest BCUT2D eigenvalue weighted by Crippen LogP contribution is 2.30.